The molecule has 5 rings (SSSR count). The molecule has 0 aliphatic carbocycles. The number of carbonyl (C=O) groups excluding carboxylic acids is 2. The summed E-state index contributed by atoms with van der Waals surface area (Å²) in [7, 11) is 0. The zero-order valence-electron chi connectivity index (χ0n) is 19.7. The van der Waals surface area contributed by atoms with E-state index in [4.69, 9.17) is 0 Å². The Morgan fingerprint density at radius 3 is 2.11 bits per heavy atom. The summed E-state index contributed by atoms with van der Waals surface area (Å²) in [6.45, 7) is 2.97. The van der Waals surface area contributed by atoms with Crippen LogP contribution >= 0.6 is 0 Å². The van der Waals surface area contributed by atoms with E-state index in [-0.39, 0.29) is 20.8 Å². The summed E-state index contributed by atoms with van der Waals surface area (Å²) in [5.41, 5.74) is 5.18. The summed E-state index contributed by atoms with van der Waals surface area (Å²) in [5.74, 6) is 0.592. The van der Waals surface area contributed by atoms with E-state index in [2.05, 4.69) is 37.6 Å². The number of nitrogens with zero attached hydrogens (tertiary/aromatic N) is 4. The van der Waals surface area contributed by atoms with Gasteiger partial charge in [-0.1, -0.05) is 45.2 Å². The van der Waals surface area contributed by atoms with Crippen molar-refractivity contribution in [2.45, 2.75) is 14.9 Å². The molecule has 0 unspecified atom stereocenters. The lowest BCUT2D eigenvalue weighted by Crippen LogP contribution is -2.48. The van der Waals surface area contributed by atoms with E-state index >= 15 is 0 Å². The molecule has 0 spiro atoms. The lowest BCUT2D eigenvalue weighted by Gasteiger charge is -2.36. The third kappa shape index (κ3) is 6.53. The summed E-state index contributed by atoms with van der Waals surface area (Å²) in [4.78, 5) is 36.4. The van der Waals surface area contributed by atoms with Gasteiger partial charge < -0.3 is 20.4 Å². The second-order valence-electron chi connectivity index (χ2n) is 8.42. The summed E-state index contributed by atoms with van der Waals surface area (Å²) >= 11 is 0. The third-order valence-electron chi connectivity index (χ3n) is 6.14. The maximum atomic E-state index is 12.7. The Bertz CT molecular complexity index is 1320. The number of piperazine rings is 1. The van der Waals surface area contributed by atoms with E-state index in [9.17, 15) is 9.59 Å². The predicted octanol–water partition coefficient (Wildman–Crippen LogP) is 5.69. The van der Waals surface area contributed by atoms with Crippen molar-refractivity contribution in [3.05, 3.63) is 96.7 Å². The zero-order chi connectivity index (χ0) is 24.7. The molecule has 0 atom stereocenters. The smallest absolute Gasteiger partial charge is 0.253 e. The molecule has 2 heterocycles. The van der Waals surface area contributed by atoms with Gasteiger partial charge in [0.15, 0.2) is 0 Å². The fourth-order valence-corrected chi connectivity index (χ4v) is 4.20. The molecular weight excluding hydrogens is 476 g/mol. The molecule has 196 valence electrons. The third-order valence-corrected chi connectivity index (χ3v) is 6.14. The van der Waals surface area contributed by atoms with Crippen LogP contribution in [0.4, 0.5) is 23.0 Å². The highest BCUT2D eigenvalue weighted by Crippen LogP contribution is 2.24. The number of hydrogen-bond acceptors (Lipinski definition) is 6. The number of rotatable bonds is 7. The maximum Gasteiger partial charge on any atom is 0.253 e. The van der Waals surface area contributed by atoms with Crippen molar-refractivity contribution in [1.29, 1.82) is 0 Å². The van der Waals surface area contributed by atoms with Gasteiger partial charge in [-0.3, -0.25) is 9.59 Å². The van der Waals surface area contributed by atoms with Crippen LogP contribution < -0.4 is 15.5 Å². The fourth-order valence-electron chi connectivity index (χ4n) is 4.20. The molecule has 4 aromatic rings. The Morgan fingerprint density at radius 1 is 0.789 bits per heavy atom. The number of hydrogen-bond donors (Lipinski definition) is 2. The zero-order valence-corrected chi connectivity index (χ0v) is 19.7. The maximum absolute atomic E-state index is 12.7. The van der Waals surface area contributed by atoms with Gasteiger partial charge >= 0.3 is 0 Å². The number of aromatic nitrogens is 2. The van der Waals surface area contributed by atoms with Gasteiger partial charge in [-0.15, -0.1) is 0 Å². The van der Waals surface area contributed by atoms with Gasteiger partial charge in [0.1, 0.15) is 0 Å². The van der Waals surface area contributed by atoms with Crippen molar-refractivity contribution >= 4 is 35.3 Å². The highest BCUT2D eigenvalue weighted by atomic mass is 16.2. The van der Waals surface area contributed by atoms with Crippen LogP contribution in [0.15, 0.2) is 91.1 Å². The summed E-state index contributed by atoms with van der Waals surface area (Å²) in [6, 6.07) is 26.9. The van der Waals surface area contributed by atoms with Crippen LogP contribution in [-0.4, -0.2) is 53.4 Å². The van der Waals surface area contributed by atoms with Gasteiger partial charge in [0.25, 0.3) is 5.91 Å². The Labute approximate surface area is 224 Å². The summed E-state index contributed by atoms with van der Waals surface area (Å²) in [5, 5.41) is 5.89. The normalized spacial score (nSPS) is 12.5. The highest BCUT2D eigenvalue weighted by molar-refractivity contribution is 5.94. The van der Waals surface area contributed by atoms with E-state index in [0.29, 0.717) is 25.4 Å². The van der Waals surface area contributed by atoms with E-state index < -0.39 is 0 Å². The lowest BCUT2D eigenvalue weighted by molar-refractivity contribution is -0.105. The van der Waals surface area contributed by atoms with Gasteiger partial charge in [-0.05, 0) is 54.6 Å². The Kier molecular flexibility index (Phi) is 9.54. The van der Waals surface area contributed by atoms with E-state index in [1.807, 2.05) is 77.7 Å². The van der Waals surface area contributed by atoms with Crippen molar-refractivity contribution in [3.63, 3.8) is 0 Å². The van der Waals surface area contributed by atoms with Crippen molar-refractivity contribution in [1.82, 2.24) is 14.9 Å². The minimum atomic E-state index is 0. The van der Waals surface area contributed by atoms with Crippen LogP contribution in [0, 0.1) is 0 Å². The van der Waals surface area contributed by atoms with Crippen molar-refractivity contribution < 1.29 is 9.59 Å². The monoisotopic (exact) mass is 510 g/mol. The molecule has 1 fully saturated rings. The quantitative estimate of drug-likeness (QED) is 0.311. The van der Waals surface area contributed by atoms with Crippen LogP contribution in [0.2, 0.25) is 0 Å². The van der Waals surface area contributed by atoms with Gasteiger partial charge in [-0.25, -0.2) is 9.97 Å². The van der Waals surface area contributed by atoms with Crippen molar-refractivity contribution in [3.8, 4) is 11.3 Å². The number of nitrogens with one attached hydrogen (secondary N) is 2. The minimum absolute atomic E-state index is 0. The van der Waals surface area contributed by atoms with Crippen LogP contribution in [-0.2, 0) is 4.79 Å². The first-order valence-electron chi connectivity index (χ1n) is 11.8. The van der Waals surface area contributed by atoms with Crippen LogP contribution in [0.5, 0.6) is 0 Å². The second-order valence-corrected chi connectivity index (χ2v) is 8.42. The molecule has 3 aromatic carbocycles. The molecular formula is C30H34N6O2. The van der Waals surface area contributed by atoms with Gasteiger partial charge in [0, 0.05) is 60.6 Å². The summed E-state index contributed by atoms with van der Waals surface area (Å²) in [6.07, 6.45) is 2.37. The Hall–Kier alpha value is -4.72. The Balaban J connectivity index is 0.00000200. The first-order valence-corrected chi connectivity index (χ1v) is 11.8. The van der Waals surface area contributed by atoms with Crippen LogP contribution in [0.25, 0.3) is 11.3 Å². The first kappa shape index (κ1) is 27.9. The van der Waals surface area contributed by atoms with Crippen LogP contribution in [0.1, 0.15) is 25.2 Å². The van der Waals surface area contributed by atoms with Gasteiger partial charge in [-0.2, -0.15) is 0 Å². The molecule has 8 heteroatoms. The van der Waals surface area contributed by atoms with E-state index in [1.165, 1.54) is 0 Å². The van der Waals surface area contributed by atoms with E-state index in [1.54, 1.807) is 6.20 Å². The standard InChI is InChI=1S/C28H26N6O2.2CH4/c35-20-30-23-8-6-21(7-9-23)26-14-15-29-28(32-26)31-24-10-12-25(13-11-24)33-16-18-34(19-17-33)27(36)22-4-2-1-3-5-22;;/h1-15,20H,16-19H2,(H,30,35)(H,29,31,32);2*1H4. The van der Waals surface area contributed by atoms with Crippen LogP contribution in [0.3, 0.4) is 0 Å². The number of anilines is 4. The molecule has 1 aliphatic rings. The first-order chi connectivity index (χ1) is 17.7. The molecule has 2 amide bonds. The second kappa shape index (κ2) is 13.0. The SMILES string of the molecule is C.C.O=CNc1ccc(-c2ccnc(Nc3ccc(N4CCN(C(=O)c5ccccc5)CC4)cc3)n2)cc1. The number of carbonyl (C=O) groups is 2. The topological polar surface area (TPSA) is 90.5 Å². The molecule has 0 bridgehead atoms. The summed E-state index contributed by atoms with van der Waals surface area (Å²) < 4.78 is 0. The molecule has 0 saturated carbocycles. The van der Waals surface area contributed by atoms with Gasteiger partial charge in [0.2, 0.25) is 12.4 Å². The highest BCUT2D eigenvalue weighted by Gasteiger charge is 2.22. The van der Waals surface area contributed by atoms with Gasteiger partial charge in [0.05, 0.1) is 5.69 Å². The molecule has 38 heavy (non-hydrogen) atoms. The van der Waals surface area contributed by atoms with E-state index in [0.717, 1.165) is 47.0 Å². The molecule has 8 nitrogen and oxygen atoms in total. The molecule has 2 N–H and O–H groups in total. The molecule has 1 aromatic heterocycles. The average molecular weight is 511 g/mol. The minimum Gasteiger partial charge on any atom is -0.368 e. The van der Waals surface area contributed by atoms with Crippen molar-refractivity contribution in [2.75, 3.05) is 41.7 Å². The van der Waals surface area contributed by atoms with Crippen molar-refractivity contribution in [2.24, 2.45) is 0 Å². The molecule has 1 aliphatic heterocycles. The molecule has 0 radical (unpaired) electrons. The largest absolute Gasteiger partial charge is 0.368 e. The number of amides is 2. The lowest BCUT2D eigenvalue weighted by atomic mass is 10.1. The average Bonchev–Trinajstić information content (AvgIpc) is 2.94. The number of benzene rings is 3. The fraction of sp³-hybridized carbons (Fsp3) is 0.200. The molecule has 1 saturated heterocycles. The Morgan fingerprint density at radius 2 is 1.45 bits per heavy atom. The predicted molar refractivity (Wildman–Crippen MR) is 155 cm³/mol.